The van der Waals surface area contributed by atoms with Crippen LogP contribution in [0.15, 0.2) is 48.5 Å². The molecular weight excluding hydrogens is 381 g/mol. The molecule has 0 spiro atoms. The highest BCUT2D eigenvalue weighted by atomic mass is 19.1. The van der Waals surface area contributed by atoms with Crippen LogP contribution < -0.4 is 4.74 Å². The number of nitrogens with zero attached hydrogens (tertiary/aromatic N) is 1. The van der Waals surface area contributed by atoms with Crippen molar-refractivity contribution >= 4 is 0 Å². The molecule has 4 rings (SSSR count). The molecule has 2 aliphatic heterocycles. The molecule has 2 fully saturated rings. The number of benzene rings is 2. The zero-order chi connectivity index (χ0) is 21.1. The molecule has 0 amide bonds. The van der Waals surface area contributed by atoms with Crippen molar-refractivity contribution in [3.8, 4) is 16.9 Å². The number of methoxy groups -OCH3 is 1. The second kappa shape index (κ2) is 9.04. The summed E-state index contributed by atoms with van der Waals surface area (Å²) < 4.78 is 30.5. The second-order valence-electron chi connectivity index (χ2n) is 9.06. The lowest BCUT2D eigenvalue weighted by Gasteiger charge is -2.34. The molecule has 0 saturated carbocycles. The van der Waals surface area contributed by atoms with Gasteiger partial charge < -0.3 is 19.1 Å². The number of hydrogen-bond acceptors (Lipinski definition) is 4. The van der Waals surface area contributed by atoms with Crippen molar-refractivity contribution in [1.29, 1.82) is 0 Å². The molecule has 0 radical (unpaired) electrons. The number of rotatable bonds is 8. The fourth-order valence-electron chi connectivity index (χ4n) is 4.18. The van der Waals surface area contributed by atoms with E-state index in [-0.39, 0.29) is 12.4 Å². The van der Waals surface area contributed by atoms with E-state index >= 15 is 0 Å². The van der Waals surface area contributed by atoms with Crippen molar-refractivity contribution in [2.45, 2.75) is 44.8 Å². The third kappa shape index (κ3) is 5.60. The average Bonchev–Trinajstić information content (AvgIpc) is 3.53. The Hall–Kier alpha value is -1.95. The SMILES string of the molecule is COC1OC1c1ccc(-c2ccc(OCC3CCN(CC(C)(C)F)CC3)cc2)cc1. The van der Waals surface area contributed by atoms with Crippen molar-refractivity contribution < 1.29 is 18.6 Å². The molecule has 2 aliphatic rings. The van der Waals surface area contributed by atoms with Crippen LogP contribution in [-0.2, 0) is 9.47 Å². The number of ether oxygens (including phenoxy) is 3. The Bertz CT molecular complexity index is 808. The molecule has 2 aromatic rings. The maximum Gasteiger partial charge on any atom is 0.188 e. The van der Waals surface area contributed by atoms with Crippen LogP contribution in [0.2, 0.25) is 0 Å². The molecule has 2 heterocycles. The fourth-order valence-corrected chi connectivity index (χ4v) is 4.18. The number of piperidine rings is 1. The maximum absolute atomic E-state index is 13.8. The Balaban J connectivity index is 1.24. The predicted octanol–water partition coefficient (Wildman–Crippen LogP) is 5.24. The van der Waals surface area contributed by atoms with Crippen LogP contribution in [-0.4, -0.2) is 50.2 Å². The van der Waals surface area contributed by atoms with Gasteiger partial charge in [-0.1, -0.05) is 36.4 Å². The van der Waals surface area contributed by atoms with Gasteiger partial charge in [0.1, 0.15) is 17.5 Å². The largest absolute Gasteiger partial charge is 0.493 e. The molecule has 2 unspecified atom stereocenters. The summed E-state index contributed by atoms with van der Waals surface area (Å²) in [4.78, 5) is 2.22. The van der Waals surface area contributed by atoms with E-state index in [4.69, 9.17) is 14.2 Å². The Morgan fingerprint density at radius 3 is 2.13 bits per heavy atom. The first-order chi connectivity index (χ1) is 14.4. The van der Waals surface area contributed by atoms with Crippen LogP contribution in [0.4, 0.5) is 4.39 Å². The van der Waals surface area contributed by atoms with Gasteiger partial charge in [-0.3, -0.25) is 0 Å². The van der Waals surface area contributed by atoms with E-state index in [2.05, 4.69) is 41.3 Å². The van der Waals surface area contributed by atoms with Gasteiger partial charge in [-0.15, -0.1) is 0 Å². The third-order valence-corrected chi connectivity index (χ3v) is 5.90. The number of halogens is 1. The van der Waals surface area contributed by atoms with Crippen LogP contribution in [0.25, 0.3) is 11.1 Å². The molecule has 2 atom stereocenters. The van der Waals surface area contributed by atoms with Crippen molar-refractivity contribution in [2.24, 2.45) is 5.92 Å². The van der Waals surface area contributed by atoms with Gasteiger partial charge in [-0.05, 0) is 74.5 Å². The minimum absolute atomic E-state index is 0.0650. The molecule has 0 aromatic heterocycles. The van der Waals surface area contributed by atoms with Gasteiger partial charge in [0.15, 0.2) is 6.29 Å². The molecule has 162 valence electrons. The third-order valence-electron chi connectivity index (χ3n) is 5.90. The summed E-state index contributed by atoms with van der Waals surface area (Å²) in [5.41, 5.74) is 2.36. The quantitative estimate of drug-likeness (QED) is 0.555. The molecule has 0 aliphatic carbocycles. The van der Waals surface area contributed by atoms with Gasteiger partial charge in [0.25, 0.3) is 0 Å². The number of alkyl halides is 1. The zero-order valence-corrected chi connectivity index (χ0v) is 18.1. The minimum atomic E-state index is -1.12. The highest BCUT2D eigenvalue weighted by molar-refractivity contribution is 5.64. The first kappa shape index (κ1) is 21.3. The van der Waals surface area contributed by atoms with Crippen LogP contribution in [0.1, 0.15) is 38.4 Å². The van der Waals surface area contributed by atoms with Gasteiger partial charge >= 0.3 is 0 Å². The lowest BCUT2D eigenvalue weighted by atomic mass is 9.97. The number of hydrogen-bond donors (Lipinski definition) is 0. The van der Waals surface area contributed by atoms with Crippen LogP contribution in [0.3, 0.4) is 0 Å². The van der Waals surface area contributed by atoms with Crippen molar-refractivity contribution in [3.63, 3.8) is 0 Å². The smallest absolute Gasteiger partial charge is 0.188 e. The topological polar surface area (TPSA) is 34.2 Å². The lowest BCUT2D eigenvalue weighted by Crippen LogP contribution is -2.41. The molecular formula is C25H32FNO3. The Labute approximate surface area is 178 Å². The van der Waals surface area contributed by atoms with E-state index in [1.807, 2.05) is 12.1 Å². The van der Waals surface area contributed by atoms with Crippen LogP contribution >= 0.6 is 0 Å². The van der Waals surface area contributed by atoms with E-state index in [9.17, 15) is 4.39 Å². The van der Waals surface area contributed by atoms with Gasteiger partial charge in [0.05, 0.1) is 6.61 Å². The van der Waals surface area contributed by atoms with Gasteiger partial charge in [-0.25, -0.2) is 4.39 Å². The van der Waals surface area contributed by atoms with Crippen molar-refractivity contribution in [2.75, 3.05) is 33.4 Å². The molecule has 30 heavy (non-hydrogen) atoms. The summed E-state index contributed by atoms with van der Waals surface area (Å²) in [6, 6.07) is 16.7. The normalized spacial score (nSPS) is 22.8. The molecule has 2 aromatic carbocycles. The Morgan fingerprint density at radius 2 is 1.60 bits per heavy atom. The van der Waals surface area contributed by atoms with Gasteiger partial charge in [-0.2, -0.15) is 0 Å². The summed E-state index contributed by atoms with van der Waals surface area (Å²) in [7, 11) is 1.67. The van der Waals surface area contributed by atoms with Crippen molar-refractivity contribution in [3.05, 3.63) is 54.1 Å². The van der Waals surface area contributed by atoms with E-state index in [0.29, 0.717) is 12.5 Å². The number of likely N-dealkylation sites (tertiary alicyclic amines) is 1. The summed E-state index contributed by atoms with van der Waals surface area (Å²) in [6.07, 6.45) is 2.09. The Kier molecular flexibility index (Phi) is 6.42. The molecule has 0 N–H and O–H groups in total. The fraction of sp³-hybridized carbons (Fsp3) is 0.520. The van der Waals surface area contributed by atoms with Crippen LogP contribution in [0.5, 0.6) is 5.75 Å². The van der Waals surface area contributed by atoms with Gasteiger partial charge in [0.2, 0.25) is 0 Å². The van der Waals surface area contributed by atoms with Gasteiger partial charge in [0, 0.05) is 13.7 Å². The van der Waals surface area contributed by atoms with E-state index < -0.39 is 5.67 Å². The molecule has 0 bridgehead atoms. The minimum Gasteiger partial charge on any atom is -0.493 e. The standard InChI is InChI=1S/C25H32FNO3/c1-25(2,26)17-27-14-12-18(13-15-27)16-29-22-10-8-20(9-11-22)19-4-6-21(7-5-19)23-24(28-3)30-23/h4-11,18,23-24H,12-17H2,1-3H3. The highest BCUT2D eigenvalue weighted by Crippen LogP contribution is 2.39. The van der Waals surface area contributed by atoms with Crippen molar-refractivity contribution in [1.82, 2.24) is 4.90 Å². The lowest BCUT2D eigenvalue weighted by molar-refractivity contribution is 0.0836. The second-order valence-corrected chi connectivity index (χ2v) is 9.06. The maximum atomic E-state index is 13.8. The molecule has 2 saturated heterocycles. The molecule has 4 nitrogen and oxygen atoms in total. The summed E-state index contributed by atoms with van der Waals surface area (Å²) in [5, 5.41) is 0. The zero-order valence-electron chi connectivity index (χ0n) is 18.1. The summed E-state index contributed by atoms with van der Waals surface area (Å²) >= 11 is 0. The van der Waals surface area contributed by atoms with E-state index in [1.165, 1.54) is 5.56 Å². The number of epoxide rings is 1. The van der Waals surface area contributed by atoms with E-state index in [0.717, 1.165) is 49.4 Å². The Morgan fingerprint density at radius 1 is 1.00 bits per heavy atom. The van der Waals surface area contributed by atoms with E-state index in [1.54, 1.807) is 21.0 Å². The van der Waals surface area contributed by atoms with Crippen LogP contribution in [0, 0.1) is 5.92 Å². The monoisotopic (exact) mass is 413 g/mol. The summed E-state index contributed by atoms with van der Waals surface area (Å²) in [5.74, 6) is 1.44. The summed E-state index contributed by atoms with van der Waals surface area (Å²) in [6.45, 7) is 6.45. The average molecular weight is 414 g/mol. The highest BCUT2D eigenvalue weighted by Gasteiger charge is 2.40. The predicted molar refractivity (Wildman–Crippen MR) is 116 cm³/mol. The molecule has 5 heteroatoms. The first-order valence-corrected chi connectivity index (χ1v) is 10.8. The first-order valence-electron chi connectivity index (χ1n) is 10.8.